The third-order valence-corrected chi connectivity index (χ3v) is 7.43. The fourth-order valence-electron chi connectivity index (χ4n) is 5.51. The second-order valence-corrected chi connectivity index (χ2v) is 10.1. The van der Waals surface area contributed by atoms with Gasteiger partial charge in [-0.25, -0.2) is 13.8 Å². The number of halogens is 2. The average Bonchev–Trinajstić information content (AvgIpc) is 3.02. The number of aromatic nitrogens is 1. The van der Waals surface area contributed by atoms with E-state index in [1.54, 1.807) is 18.0 Å². The molecular weight excluding hydrogens is 466 g/mol. The summed E-state index contributed by atoms with van der Waals surface area (Å²) in [6.45, 7) is 7.71. The first-order valence-electron chi connectivity index (χ1n) is 12.8. The van der Waals surface area contributed by atoms with E-state index >= 15 is 0 Å². The van der Waals surface area contributed by atoms with Crippen LogP contribution >= 0.6 is 0 Å². The molecule has 0 unspecified atom stereocenters. The minimum absolute atomic E-state index is 0.0899. The highest BCUT2D eigenvalue weighted by Gasteiger charge is 2.48. The van der Waals surface area contributed by atoms with Gasteiger partial charge in [0.2, 0.25) is 5.91 Å². The summed E-state index contributed by atoms with van der Waals surface area (Å²) in [6.07, 6.45) is 0.683. The number of pyridine rings is 1. The van der Waals surface area contributed by atoms with Crippen LogP contribution in [0.3, 0.4) is 0 Å². The number of rotatable bonds is 4. The smallest absolute Gasteiger partial charge is 0.274 e. The molecule has 0 spiro atoms. The van der Waals surface area contributed by atoms with E-state index < -0.39 is 24.4 Å². The van der Waals surface area contributed by atoms with Crippen molar-refractivity contribution in [2.75, 3.05) is 34.9 Å². The van der Waals surface area contributed by atoms with Gasteiger partial charge in [0.25, 0.3) is 5.92 Å². The fourth-order valence-corrected chi connectivity index (χ4v) is 5.51. The maximum absolute atomic E-state index is 14.9. The lowest BCUT2D eigenvalue weighted by Gasteiger charge is -2.39. The Morgan fingerprint density at radius 3 is 2.89 bits per heavy atom. The number of nitrogens with one attached hydrogen (secondary N) is 1. The van der Waals surface area contributed by atoms with Crippen molar-refractivity contribution in [3.8, 4) is 0 Å². The number of hydrogen-bond acceptors (Lipinski definition) is 6. The van der Waals surface area contributed by atoms with Crippen LogP contribution in [0.15, 0.2) is 36.5 Å². The van der Waals surface area contributed by atoms with E-state index in [1.165, 1.54) is 0 Å². The molecule has 2 aliphatic heterocycles. The lowest BCUT2D eigenvalue weighted by molar-refractivity contribution is -0.170. The van der Waals surface area contributed by atoms with Gasteiger partial charge in [-0.15, -0.1) is 0 Å². The van der Waals surface area contributed by atoms with Crippen LogP contribution in [-0.2, 0) is 20.8 Å². The van der Waals surface area contributed by atoms with Crippen molar-refractivity contribution < 1.29 is 23.0 Å². The van der Waals surface area contributed by atoms with Gasteiger partial charge in [-0.1, -0.05) is 6.07 Å². The summed E-state index contributed by atoms with van der Waals surface area (Å²) >= 11 is 0. The molecule has 1 saturated carbocycles. The topological polar surface area (TPSA) is 66.9 Å². The molecule has 1 aliphatic carbocycles. The second-order valence-electron chi connectivity index (χ2n) is 10.1. The van der Waals surface area contributed by atoms with Crippen molar-refractivity contribution in [1.29, 1.82) is 0 Å². The summed E-state index contributed by atoms with van der Waals surface area (Å²) < 4.78 is 40.9. The molecule has 0 radical (unpaired) electrons. The summed E-state index contributed by atoms with van der Waals surface area (Å²) in [6, 6.07) is 9.87. The largest absolute Gasteiger partial charge is 0.375 e. The van der Waals surface area contributed by atoms with Crippen molar-refractivity contribution >= 4 is 28.8 Å². The predicted octanol–water partition coefficient (Wildman–Crippen LogP) is 5.13. The molecule has 5 rings (SSSR count). The Balaban J connectivity index is 1.50. The highest BCUT2D eigenvalue weighted by Crippen LogP contribution is 2.43. The van der Waals surface area contributed by atoms with Crippen LogP contribution in [-0.4, -0.2) is 54.8 Å². The zero-order chi connectivity index (χ0) is 25.4. The van der Waals surface area contributed by atoms with E-state index in [9.17, 15) is 13.6 Å². The molecule has 4 atom stereocenters. The molecule has 1 aromatic heterocycles. The third kappa shape index (κ3) is 4.78. The van der Waals surface area contributed by atoms with Crippen molar-refractivity contribution in [2.24, 2.45) is 5.92 Å². The minimum atomic E-state index is -3.04. The van der Waals surface area contributed by atoms with Crippen LogP contribution in [0, 0.1) is 5.92 Å². The minimum Gasteiger partial charge on any atom is -0.375 e. The highest BCUT2D eigenvalue weighted by molar-refractivity contribution is 6.00. The van der Waals surface area contributed by atoms with Crippen LogP contribution < -0.4 is 15.1 Å². The lowest BCUT2D eigenvalue weighted by atomic mass is 9.83. The zero-order valence-electron chi connectivity index (χ0n) is 21.0. The van der Waals surface area contributed by atoms with Crippen LogP contribution in [0.25, 0.3) is 0 Å². The third-order valence-electron chi connectivity index (χ3n) is 7.43. The Morgan fingerprint density at radius 1 is 1.28 bits per heavy atom. The van der Waals surface area contributed by atoms with Gasteiger partial charge in [-0.05, 0) is 57.9 Å². The standard InChI is InChI=1S/C27H34F2N4O3/c1-4-35-24-10-7-19(13-27(24,28)29)26(34)33-15-20-6-5-11-30-25(20)31-22-9-8-21(12-23(22)33)32-14-18(3)36-16-17(32)2/h5-6,8-9,11-12,17-19,24H,4,7,10,13-16H2,1-3H3,(H,30,31)/t17-,18-,19-,24-/m1/s1. The summed E-state index contributed by atoms with van der Waals surface area (Å²) in [5.74, 6) is -3.44. The first-order valence-corrected chi connectivity index (χ1v) is 12.8. The van der Waals surface area contributed by atoms with Gasteiger partial charge in [0.05, 0.1) is 30.6 Å². The highest BCUT2D eigenvalue weighted by atomic mass is 19.3. The predicted molar refractivity (Wildman–Crippen MR) is 135 cm³/mol. The average molecular weight is 501 g/mol. The molecular formula is C27H34F2N4O3. The Morgan fingerprint density at radius 2 is 2.11 bits per heavy atom. The summed E-state index contributed by atoms with van der Waals surface area (Å²) in [5, 5.41) is 3.36. The number of carbonyl (C=O) groups is 1. The molecule has 3 aliphatic rings. The van der Waals surface area contributed by atoms with Crippen LogP contribution in [0.5, 0.6) is 0 Å². The molecule has 0 bridgehead atoms. The molecule has 36 heavy (non-hydrogen) atoms. The second kappa shape index (κ2) is 9.94. The Bertz CT molecular complexity index is 1110. The first kappa shape index (κ1) is 24.9. The van der Waals surface area contributed by atoms with Gasteiger partial charge in [0.1, 0.15) is 11.9 Å². The molecule has 1 aromatic carbocycles. The molecule has 2 fully saturated rings. The van der Waals surface area contributed by atoms with Crippen molar-refractivity contribution in [3.63, 3.8) is 0 Å². The first-order chi connectivity index (χ1) is 17.3. The summed E-state index contributed by atoms with van der Waals surface area (Å²) in [4.78, 5) is 22.3. The van der Waals surface area contributed by atoms with E-state index in [4.69, 9.17) is 9.47 Å². The van der Waals surface area contributed by atoms with Crippen LogP contribution in [0.2, 0.25) is 0 Å². The van der Waals surface area contributed by atoms with Crippen molar-refractivity contribution in [3.05, 3.63) is 42.1 Å². The number of ether oxygens (including phenoxy) is 2. The summed E-state index contributed by atoms with van der Waals surface area (Å²) in [5.41, 5.74) is 3.22. The molecule has 194 valence electrons. The summed E-state index contributed by atoms with van der Waals surface area (Å²) in [7, 11) is 0. The van der Waals surface area contributed by atoms with Gasteiger partial charge in [0.15, 0.2) is 0 Å². The number of carbonyl (C=O) groups excluding carboxylic acids is 1. The van der Waals surface area contributed by atoms with E-state index in [-0.39, 0.29) is 37.6 Å². The van der Waals surface area contributed by atoms with E-state index in [0.717, 1.165) is 23.5 Å². The number of amides is 1. The van der Waals surface area contributed by atoms with Crippen LogP contribution in [0.4, 0.5) is 31.7 Å². The number of alkyl halides is 2. The van der Waals surface area contributed by atoms with Gasteiger partial charge in [-0.2, -0.15) is 0 Å². The maximum Gasteiger partial charge on any atom is 0.274 e. The Hall–Kier alpha value is -2.78. The molecule has 1 N–H and O–H groups in total. The van der Waals surface area contributed by atoms with Gasteiger partial charge < -0.3 is 24.6 Å². The quantitative estimate of drug-likeness (QED) is 0.628. The van der Waals surface area contributed by atoms with Crippen molar-refractivity contribution in [2.45, 2.75) is 70.8 Å². The molecule has 1 saturated heterocycles. The molecule has 7 nitrogen and oxygen atoms in total. The Kier molecular flexibility index (Phi) is 6.87. The normalized spacial score (nSPS) is 27.5. The van der Waals surface area contributed by atoms with Crippen LogP contribution in [0.1, 0.15) is 45.6 Å². The van der Waals surface area contributed by atoms with E-state index in [0.29, 0.717) is 24.5 Å². The molecule has 3 heterocycles. The molecule has 1 amide bonds. The number of anilines is 4. The van der Waals surface area contributed by atoms with Crippen molar-refractivity contribution in [1.82, 2.24) is 4.98 Å². The van der Waals surface area contributed by atoms with Gasteiger partial charge >= 0.3 is 0 Å². The van der Waals surface area contributed by atoms with Gasteiger partial charge in [-0.3, -0.25) is 4.79 Å². The number of nitrogens with zero attached hydrogens (tertiary/aromatic N) is 3. The lowest BCUT2D eigenvalue weighted by Crippen LogP contribution is -2.48. The molecule has 2 aromatic rings. The van der Waals surface area contributed by atoms with E-state index in [2.05, 4.69) is 22.1 Å². The molecule has 9 heteroatoms. The number of fused-ring (bicyclic) bond motifs is 2. The number of benzene rings is 1. The monoisotopic (exact) mass is 500 g/mol. The van der Waals surface area contributed by atoms with E-state index in [1.807, 2.05) is 37.3 Å². The maximum atomic E-state index is 14.9. The SMILES string of the molecule is CCO[C@@H]1CC[C@@H](C(=O)N2Cc3cccnc3Nc3ccc(N4C[C@@H](C)OC[C@H]4C)cc32)CC1(F)F. The fraction of sp³-hybridized carbons (Fsp3) is 0.556. The zero-order valence-corrected chi connectivity index (χ0v) is 21.0. The Labute approximate surface area is 210 Å². The number of hydrogen-bond donors (Lipinski definition) is 1. The number of morpholine rings is 1. The van der Waals surface area contributed by atoms with Gasteiger partial charge in [0, 0.05) is 49.0 Å².